The van der Waals surface area contributed by atoms with Crippen molar-refractivity contribution in [2.24, 2.45) is 0 Å². The molecular formula is C26H28N2O3. The van der Waals surface area contributed by atoms with Gasteiger partial charge in [0.15, 0.2) is 0 Å². The highest BCUT2D eigenvalue weighted by atomic mass is 16.5. The molecule has 0 unspecified atom stereocenters. The standard InChI is InChI=1S/C26H28N2O3/c1-3-4-18-31-22-16-14-21(15-17-22)25(29)27-24-13-9-8-12-23(24)26(30)28(2)19-20-10-6-5-7-11-20/h5-17H,3-4,18-19H2,1-2H3,(H,27,29). The summed E-state index contributed by atoms with van der Waals surface area (Å²) in [4.78, 5) is 27.4. The van der Waals surface area contributed by atoms with E-state index in [9.17, 15) is 9.59 Å². The predicted molar refractivity (Wildman–Crippen MR) is 123 cm³/mol. The Morgan fingerprint density at radius 1 is 0.903 bits per heavy atom. The molecule has 31 heavy (non-hydrogen) atoms. The van der Waals surface area contributed by atoms with Crippen molar-refractivity contribution in [1.29, 1.82) is 0 Å². The van der Waals surface area contributed by atoms with Gasteiger partial charge in [0.05, 0.1) is 17.9 Å². The van der Waals surface area contributed by atoms with Crippen LogP contribution in [0.4, 0.5) is 5.69 Å². The van der Waals surface area contributed by atoms with E-state index in [1.54, 1.807) is 60.5 Å². The van der Waals surface area contributed by atoms with Crippen molar-refractivity contribution >= 4 is 17.5 Å². The molecule has 3 rings (SSSR count). The minimum Gasteiger partial charge on any atom is -0.494 e. The van der Waals surface area contributed by atoms with Crippen LogP contribution in [0.1, 0.15) is 46.0 Å². The quantitative estimate of drug-likeness (QED) is 0.476. The zero-order valence-electron chi connectivity index (χ0n) is 18.0. The summed E-state index contributed by atoms with van der Waals surface area (Å²) in [6.07, 6.45) is 2.06. The van der Waals surface area contributed by atoms with E-state index in [0.717, 1.165) is 24.2 Å². The molecule has 3 aromatic rings. The van der Waals surface area contributed by atoms with Gasteiger partial charge in [-0.25, -0.2) is 0 Å². The molecule has 0 bridgehead atoms. The molecule has 160 valence electrons. The fourth-order valence-electron chi connectivity index (χ4n) is 3.14. The van der Waals surface area contributed by atoms with Crippen molar-refractivity contribution in [1.82, 2.24) is 4.90 Å². The second kappa shape index (κ2) is 11.0. The van der Waals surface area contributed by atoms with E-state index in [0.29, 0.717) is 30.0 Å². The van der Waals surface area contributed by atoms with Gasteiger partial charge in [-0.2, -0.15) is 0 Å². The first kappa shape index (κ1) is 22.1. The highest BCUT2D eigenvalue weighted by molar-refractivity contribution is 6.09. The van der Waals surface area contributed by atoms with Crippen molar-refractivity contribution in [3.05, 3.63) is 95.6 Å². The van der Waals surface area contributed by atoms with Crippen molar-refractivity contribution in [2.75, 3.05) is 19.0 Å². The molecule has 0 aromatic heterocycles. The van der Waals surface area contributed by atoms with Crippen LogP contribution in [0, 0.1) is 0 Å². The molecule has 0 heterocycles. The van der Waals surface area contributed by atoms with E-state index >= 15 is 0 Å². The molecule has 0 atom stereocenters. The lowest BCUT2D eigenvalue weighted by atomic mass is 10.1. The van der Waals surface area contributed by atoms with Crippen molar-refractivity contribution in [2.45, 2.75) is 26.3 Å². The van der Waals surface area contributed by atoms with E-state index in [2.05, 4.69) is 12.2 Å². The smallest absolute Gasteiger partial charge is 0.256 e. The first-order valence-corrected chi connectivity index (χ1v) is 10.5. The molecule has 0 saturated carbocycles. The van der Waals surface area contributed by atoms with Crippen LogP contribution in [0.2, 0.25) is 0 Å². The lowest BCUT2D eigenvalue weighted by molar-refractivity contribution is 0.0786. The number of ether oxygens (including phenoxy) is 1. The van der Waals surface area contributed by atoms with Crippen molar-refractivity contribution in [3.63, 3.8) is 0 Å². The topological polar surface area (TPSA) is 58.6 Å². The fourth-order valence-corrected chi connectivity index (χ4v) is 3.14. The number of benzene rings is 3. The van der Waals surface area contributed by atoms with Gasteiger partial charge < -0.3 is 15.0 Å². The number of nitrogens with one attached hydrogen (secondary N) is 1. The number of unbranched alkanes of at least 4 members (excludes halogenated alkanes) is 1. The summed E-state index contributed by atoms with van der Waals surface area (Å²) in [5, 5.41) is 2.87. The summed E-state index contributed by atoms with van der Waals surface area (Å²) < 4.78 is 5.64. The number of nitrogens with zero attached hydrogens (tertiary/aromatic N) is 1. The number of rotatable bonds is 9. The monoisotopic (exact) mass is 416 g/mol. The second-order valence-electron chi connectivity index (χ2n) is 7.37. The van der Waals surface area contributed by atoms with Crippen molar-refractivity contribution in [3.8, 4) is 5.75 Å². The van der Waals surface area contributed by atoms with Crippen LogP contribution in [0.15, 0.2) is 78.9 Å². The summed E-state index contributed by atoms with van der Waals surface area (Å²) in [5.41, 5.74) is 2.48. The third-order valence-electron chi connectivity index (χ3n) is 4.90. The Hall–Kier alpha value is -3.60. The second-order valence-corrected chi connectivity index (χ2v) is 7.37. The lowest BCUT2D eigenvalue weighted by Gasteiger charge is -2.19. The van der Waals surface area contributed by atoms with Crippen LogP contribution in [0.3, 0.4) is 0 Å². The molecule has 0 saturated heterocycles. The van der Waals surface area contributed by atoms with Crippen LogP contribution in [-0.4, -0.2) is 30.4 Å². The van der Waals surface area contributed by atoms with Crippen LogP contribution in [-0.2, 0) is 6.54 Å². The Balaban J connectivity index is 1.68. The van der Waals surface area contributed by atoms with Gasteiger partial charge in [-0.15, -0.1) is 0 Å². The summed E-state index contributed by atoms with van der Waals surface area (Å²) in [6, 6.07) is 23.9. The van der Waals surface area contributed by atoms with Crippen molar-refractivity contribution < 1.29 is 14.3 Å². The Morgan fingerprint density at radius 2 is 1.58 bits per heavy atom. The third-order valence-corrected chi connectivity index (χ3v) is 4.90. The SMILES string of the molecule is CCCCOc1ccc(C(=O)Nc2ccccc2C(=O)N(C)Cc2ccccc2)cc1. The van der Waals surface area contributed by atoms with Gasteiger partial charge in [0.1, 0.15) is 5.75 Å². The van der Waals surface area contributed by atoms with E-state index in [4.69, 9.17) is 4.74 Å². The molecule has 2 amide bonds. The number of hydrogen-bond acceptors (Lipinski definition) is 3. The van der Waals surface area contributed by atoms with Gasteiger partial charge in [-0.3, -0.25) is 9.59 Å². The predicted octanol–water partition coefficient (Wildman–Crippen LogP) is 5.39. The zero-order valence-corrected chi connectivity index (χ0v) is 18.0. The largest absolute Gasteiger partial charge is 0.494 e. The van der Waals surface area contributed by atoms with E-state index < -0.39 is 0 Å². The Kier molecular flexibility index (Phi) is 7.82. The number of hydrogen-bond donors (Lipinski definition) is 1. The van der Waals surface area contributed by atoms with Gasteiger partial charge in [-0.1, -0.05) is 55.8 Å². The minimum absolute atomic E-state index is 0.153. The number of amides is 2. The van der Waals surface area contributed by atoms with E-state index in [-0.39, 0.29) is 11.8 Å². The van der Waals surface area contributed by atoms with Gasteiger partial charge in [0.2, 0.25) is 0 Å². The minimum atomic E-state index is -0.272. The molecule has 0 fully saturated rings. The molecule has 5 nitrogen and oxygen atoms in total. The van der Waals surface area contributed by atoms with Crippen LogP contribution < -0.4 is 10.1 Å². The highest BCUT2D eigenvalue weighted by Crippen LogP contribution is 2.20. The maximum Gasteiger partial charge on any atom is 0.256 e. The fraction of sp³-hybridized carbons (Fsp3) is 0.231. The first-order valence-electron chi connectivity index (χ1n) is 10.5. The summed E-state index contributed by atoms with van der Waals surface area (Å²) in [6.45, 7) is 3.26. The summed E-state index contributed by atoms with van der Waals surface area (Å²) in [7, 11) is 1.76. The van der Waals surface area contributed by atoms with E-state index in [1.807, 2.05) is 30.3 Å². The van der Waals surface area contributed by atoms with Gasteiger partial charge in [0.25, 0.3) is 11.8 Å². The molecule has 3 aromatic carbocycles. The van der Waals surface area contributed by atoms with Gasteiger partial charge in [-0.05, 0) is 48.4 Å². The molecule has 0 aliphatic carbocycles. The third kappa shape index (κ3) is 6.19. The zero-order chi connectivity index (χ0) is 22.1. The molecule has 0 aliphatic rings. The Bertz CT molecular complexity index is 1000. The first-order chi connectivity index (χ1) is 15.1. The summed E-state index contributed by atoms with van der Waals surface area (Å²) >= 11 is 0. The average molecular weight is 417 g/mol. The maximum absolute atomic E-state index is 13.0. The van der Waals surface area contributed by atoms with Gasteiger partial charge >= 0.3 is 0 Å². The van der Waals surface area contributed by atoms with Gasteiger partial charge in [0, 0.05) is 19.2 Å². The number of anilines is 1. The summed E-state index contributed by atoms with van der Waals surface area (Å²) in [5.74, 6) is 0.314. The maximum atomic E-state index is 13.0. The molecule has 0 spiro atoms. The van der Waals surface area contributed by atoms with Crippen LogP contribution >= 0.6 is 0 Å². The average Bonchev–Trinajstić information content (AvgIpc) is 2.80. The molecular weight excluding hydrogens is 388 g/mol. The Labute approximate surface area is 183 Å². The molecule has 0 aliphatic heterocycles. The normalized spacial score (nSPS) is 10.4. The highest BCUT2D eigenvalue weighted by Gasteiger charge is 2.17. The molecule has 5 heteroatoms. The Morgan fingerprint density at radius 3 is 2.29 bits per heavy atom. The lowest BCUT2D eigenvalue weighted by Crippen LogP contribution is -2.27. The van der Waals surface area contributed by atoms with E-state index in [1.165, 1.54) is 0 Å². The number of carbonyl (C=O) groups is 2. The van der Waals surface area contributed by atoms with Crippen LogP contribution in [0.5, 0.6) is 5.75 Å². The molecule has 0 radical (unpaired) electrons. The van der Waals surface area contributed by atoms with Crippen LogP contribution in [0.25, 0.3) is 0 Å². The number of carbonyl (C=O) groups excluding carboxylic acids is 2. The molecule has 1 N–H and O–H groups in total. The number of para-hydroxylation sites is 1.